The van der Waals surface area contributed by atoms with Crippen LogP contribution in [0.15, 0.2) is 0 Å². The Kier molecular flexibility index (Phi) is 7.20. The molecule has 0 bridgehead atoms. The maximum absolute atomic E-state index is 5.95. The fraction of sp³-hybridized carbons (Fsp3) is 1.00. The van der Waals surface area contributed by atoms with E-state index in [0.717, 1.165) is 11.8 Å². The third-order valence-corrected chi connectivity index (χ3v) is 3.61. The lowest BCUT2D eigenvalue weighted by Crippen LogP contribution is -2.44. The lowest BCUT2D eigenvalue weighted by Gasteiger charge is -2.33. The molecule has 0 unspecified atom stereocenters. The van der Waals surface area contributed by atoms with E-state index in [1.54, 1.807) is 0 Å². The molecule has 18 heavy (non-hydrogen) atoms. The molecule has 0 saturated carbocycles. The molecular formula is C15H33N3. The second-order valence-corrected chi connectivity index (χ2v) is 6.73. The van der Waals surface area contributed by atoms with Gasteiger partial charge in [0.1, 0.15) is 0 Å². The van der Waals surface area contributed by atoms with Crippen LogP contribution in [0.3, 0.4) is 0 Å². The standard InChI is InChI=1S/C15H33N3/c1-13(2)11-18(12-14(3)4)10-9-17-7-5-15(16)6-8-17/h13-15H,5-12,16H2,1-4H3. The van der Waals surface area contributed by atoms with Crippen molar-refractivity contribution in [1.29, 1.82) is 0 Å². The SMILES string of the molecule is CC(C)CN(CCN1CCC(N)CC1)CC(C)C. The number of nitrogens with two attached hydrogens (primary N) is 1. The molecule has 1 heterocycles. The predicted molar refractivity (Wildman–Crippen MR) is 79.8 cm³/mol. The quantitative estimate of drug-likeness (QED) is 0.755. The minimum absolute atomic E-state index is 0.448. The number of hydrogen-bond acceptors (Lipinski definition) is 3. The lowest BCUT2D eigenvalue weighted by molar-refractivity contribution is 0.156. The van der Waals surface area contributed by atoms with Gasteiger partial charge in [0.25, 0.3) is 0 Å². The monoisotopic (exact) mass is 255 g/mol. The first kappa shape index (κ1) is 15.9. The van der Waals surface area contributed by atoms with Crippen LogP contribution in [0.25, 0.3) is 0 Å². The summed E-state index contributed by atoms with van der Waals surface area (Å²) in [6.45, 7) is 16.5. The number of hydrogen-bond donors (Lipinski definition) is 1. The van der Waals surface area contributed by atoms with Crippen LogP contribution in [0.1, 0.15) is 40.5 Å². The zero-order valence-electron chi connectivity index (χ0n) is 12.9. The first-order chi connectivity index (χ1) is 8.47. The van der Waals surface area contributed by atoms with Gasteiger partial charge in [-0.1, -0.05) is 27.7 Å². The van der Waals surface area contributed by atoms with Gasteiger partial charge in [-0.2, -0.15) is 0 Å². The highest BCUT2D eigenvalue weighted by Crippen LogP contribution is 2.09. The molecule has 0 amide bonds. The van der Waals surface area contributed by atoms with E-state index < -0.39 is 0 Å². The number of piperidine rings is 1. The smallest absolute Gasteiger partial charge is 0.0110 e. The van der Waals surface area contributed by atoms with Gasteiger partial charge in [-0.15, -0.1) is 0 Å². The third-order valence-electron chi connectivity index (χ3n) is 3.61. The molecular weight excluding hydrogens is 222 g/mol. The van der Waals surface area contributed by atoms with E-state index in [9.17, 15) is 0 Å². The second-order valence-electron chi connectivity index (χ2n) is 6.73. The average molecular weight is 255 g/mol. The number of nitrogens with zero attached hydrogens (tertiary/aromatic N) is 2. The maximum atomic E-state index is 5.95. The molecule has 108 valence electrons. The number of likely N-dealkylation sites (tertiary alicyclic amines) is 1. The molecule has 0 aromatic carbocycles. The molecule has 3 nitrogen and oxygen atoms in total. The van der Waals surface area contributed by atoms with Crippen LogP contribution in [-0.2, 0) is 0 Å². The summed E-state index contributed by atoms with van der Waals surface area (Å²) in [5.74, 6) is 1.53. The Morgan fingerprint density at radius 1 is 1.06 bits per heavy atom. The van der Waals surface area contributed by atoms with E-state index in [1.807, 2.05) is 0 Å². The van der Waals surface area contributed by atoms with Crippen LogP contribution < -0.4 is 5.73 Å². The fourth-order valence-electron chi connectivity index (χ4n) is 2.75. The van der Waals surface area contributed by atoms with Gasteiger partial charge < -0.3 is 15.5 Å². The van der Waals surface area contributed by atoms with Crippen LogP contribution in [0.5, 0.6) is 0 Å². The van der Waals surface area contributed by atoms with E-state index in [1.165, 1.54) is 52.1 Å². The Balaban J connectivity index is 2.27. The average Bonchev–Trinajstić information content (AvgIpc) is 2.26. The van der Waals surface area contributed by atoms with Crippen molar-refractivity contribution in [2.24, 2.45) is 17.6 Å². The van der Waals surface area contributed by atoms with Crippen LogP contribution in [0.4, 0.5) is 0 Å². The van der Waals surface area contributed by atoms with Gasteiger partial charge in [-0.3, -0.25) is 0 Å². The Labute approximate surface area is 114 Å². The van der Waals surface area contributed by atoms with Crippen molar-refractivity contribution in [2.45, 2.75) is 46.6 Å². The molecule has 1 saturated heterocycles. The largest absolute Gasteiger partial charge is 0.328 e. The highest BCUT2D eigenvalue weighted by molar-refractivity contribution is 4.75. The van der Waals surface area contributed by atoms with Gasteiger partial charge in [-0.05, 0) is 37.8 Å². The molecule has 3 heteroatoms. The Morgan fingerprint density at radius 2 is 1.56 bits per heavy atom. The van der Waals surface area contributed by atoms with Crippen LogP contribution >= 0.6 is 0 Å². The summed E-state index contributed by atoms with van der Waals surface area (Å²) in [5, 5.41) is 0. The van der Waals surface area contributed by atoms with Crippen molar-refractivity contribution < 1.29 is 0 Å². The van der Waals surface area contributed by atoms with Gasteiger partial charge >= 0.3 is 0 Å². The minimum atomic E-state index is 0.448. The van der Waals surface area contributed by atoms with Crippen molar-refractivity contribution in [3.8, 4) is 0 Å². The van der Waals surface area contributed by atoms with E-state index in [4.69, 9.17) is 5.73 Å². The second kappa shape index (κ2) is 8.13. The normalized spacial score (nSPS) is 19.3. The number of rotatable bonds is 7. The summed E-state index contributed by atoms with van der Waals surface area (Å²) >= 11 is 0. The lowest BCUT2D eigenvalue weighted by atomic mass is 10.1. The third kappa shape index (κ3) is 6.72. The van der Waals surface area contributed by atoms with Gasteiger partial charge in [0.2, 0.25) is 0 Å². The molecule has 0 spiro atoms. The van der Waals surface area contributed by atoms with Crippen molar-refractivity contribution in [2.75, 3.05) is 39.3 Å². The summed E-state index contributed by atoms with van der Waals surface area (Å²) in [6.07, 6.45) is 2.35. The van der Waals surface area contributed by atoms with Crippen LogP contribution in [0, 0.1) is 11.8 Å². The molecule has 0 aromatic rings. The van der Waals surface area contributed by atoms with E-state index >= 15 is 0 Å². The molecule has 0 aliphatic carbocycles. The van der Waals surface area contributed by atoms with E-state index in [0.29, 0.717) is 6.04 Å². The molecule has 0 aromatic heterocycles. The topological polar surface area (TPSA) is 32.5 Å². The molecule has 0 radical (unpaired) electrons. The first-order valence-electron chi connectivity index (χ1n) is 7.67. The van der Waals surface area contributed by atoms with Crippen LogP contribution in [-0.4, -0.2) is 55.1 Å². The molecule has 1 aliphatic rings. The van der Waals surface area contributed by atoms with Gasteiger partial charge in [0, 0.05) is 32.2 Å². The Hall–Kier alpha value is -0.120. The summed E-state index contributed by atoms with van der Waals surface area (Å²) in [5.41, 5.74) is 5.95. The predicted octanol–water partition coefficient (Wildman–Crippen LogP) is 2.02. The minimum Gasteiger partial charge on any atom is -0.328 e. The zero-order valence-corrected chi connectivity index (χ0v) is 12.9. The highest BCUT2D eigenvalue weighted by atomic mass is 15.2. The summed E-state index contributed by atoms with van der Waals surface area (Å²) in [7, 11) is 0. The van der Waals surface area contributed by atoms with Crippen LogP contribution in [0.2, 0.25) is 0 Å². The van der Waals surface area contributed by atoms with Crippen molar-refractivity contribution in [3.63, 3.8) is 0 Å². The van der Waals surface area contributed by atoms with Gasteiger partial charge in [0.05, 0.1) is 0 Å². The zero-order chi connectivity index (χ0) is 13.5. The molecule has 0 atom stereocenters. The van der Waals surface area contributed by atoms with Crippen molar-refractivity contribution in [1.82, 2.24) is 9.80 Å². The Bertz CT molecular complexity index is 198. The van der Waals surface area contributed by atoms with Crippen molar-refractivity contribution >= 4 is 0 Å². The van der Waals surface area contributed by atoms with Gasteiger partial charge in [0.15, 0.2) is 0 Å². The molecule has 1 aliphatic heterocycles. The molecule has 1 fully saturated rings. The van der Waals surface area contributed by atoms with Gasteiger partial charge in [-0.25, -0.2) is 0 Å². The molecule has 1 rings (SSSR count). The fourth-order valence-corrected chi connectivity index (χ4v) is 2.75. The first-order valence-corrected chi connectivity index (χ1v) is 7.67. The highest BCUT2D eigenvalue weighted by Gasteiger charge is 2.17. The Morgan fingerprint density at radius 3 is 2.00 bits per heavy atom. The summed E-state index contributed by atoms with van der Waals surface area (Å²) in [4.78, 5) is 5.21. The summed E-state index contributed by atoms with van der Waals surface area (Å²) < 4.78 is 0. The molecule has 2 N–H and O–H groups in total. The van der Waals surface area contributed by atoms with E-state index in [-0.39, 0.29) is 0 Å². The van der Waals surface area contributed by atoms with E-state index in [2.05, 4.69) is 37.5 Å². The maximum Gasteiger partial charge on any atom is 0.0110 e. The summed E-state index contributed by atoms with van der Waals surface area (Å²) in [6, 6.07) is 0.448. The van der Waals surface area contributed by atoms with Crippen molar-refractivity contribution in [3.05, 3.63) is 0 Å².